The van der Waals surface area contributed by atoms with Crippen LogP contribution in [0, 0.1) is 0 Å². The number of hydrogen-bond donors (Lipinski definition) is 0. The third kappa shape index (κ3) is 5.32. The summed E-state index contributed by atoms with van der Waals surface area (Å²) < 4.78 is 4.87. The Balaban J connectivity index is 0.882. The molecule has 4 aliphatic carbocycles. The van der Waals surface area contributed by atoms with Crippen molar-refractivity contribution in [2.24, 2.45) is 0 Å². The molecule has 0 fully saturated rings. The predicted molar refractivity (Wildman–Crippen MR) is 328 cm³/mol. The van der Waals surface area contributed by atoms with E-state index in [-0.39, 0.29) is 5.78 Å². The summed E-state index contributed by atoms with van der Waals surface area (Å²) in [6.45, 7) is 4.20. The number of aromatic nitrogens is 2. The van der Waals surface area contributed by atoms with Crippen LogP contribution in [0.5, 0.6) is 0 Å². The largest absolute Gasteiger partial charge is 0.309 e. The van der Waals surface area contributed by atoms with Gasteiger partial charge in [-0.05, 0) is 161 Å². The summed E-state index contributed by atoms with van der Waals surface area (Å²) in [4.78, 5) is 16.0. The van der Waals surface area contributed by atoms with Crippen molar-refractivity contribution < 1.29 is 4.79 Å². The first-order chi connectivity index (χ1) is 39.5. The van der Waals surface area contributed by atoms with Gasteiger partial charge in [0, 0.05) is 44.0 Å². The summed E-state index contributed by atoms with van der Waals surface area (Å²) in [7, 11) is 0. The lowest BCUT2D eigenvalue weighted by atomic mass is 9.69. The molecule has 0 atom stereocenters. The van der Waals surface area contributed by atoms with E-state index in [2.05, 4.69) is 277 Å². The molecule has 370 valence electrons. The van der Waals surface area contributed by atoms with Crippen LogP contribution in [0.15, 0.2) is 267 Å². The quantitative estimate of drug-likeness (QED) is 0.158. The van der Waals surface area contributed by atoms with Crippen LogP contribution in [0.3, 0.4) is 0 Å². The van der Waals surface area contributed by atoms with Gasteiger partial charge in [0.2, 0.25) is 0 Å². The fraction of sp³-hybridized carbons (Fsp3) is 0.0260. The van der Waals surface area contributed by atoms with E-state index in [1.54, 1.807) is 0 Å². The Morgan fingerprint density at radius 1 is 0.300 bits per heavy atom. The lowest BCUT2D eigenvalue weighted by molar-refractivity contribution is 0.103. The Labute approximate surface area is 462 Å². The van der Waals surface area contributed by atoms with Gasteiger partial charge in [-0.2, -0.15) is 0 Å². The molecular weight excluding hydrogens is 969 g/mol. The maximum atomic E-state index is 16.0. The second kappa shape index (κ2) is 15.7. The maximum Gasteiger partial charge on any atom is 0.193 e. The van der Waals surface area contributed by atoms with Crippen LogP contribution in [-0.2, 0) is 10.8 Å². The number of para-hydroxylation sites is 4. The summed E-state index contributed by atoms with van der Waals surface area (Å²) in [6.07, 6.45) is 1.94. The highest BCUT2D eigenvalue weighted by molar-refractivity contribution is 6.13. The molecule has 0 radical (unpaired) electrons. The van der Waals surface area contributed by atoms with Crippen molar-refractivity contribution >= 4 is 55.5 Å². The van der Waals surface area contributed by atoms with Crippen LogP contribution in [0.2, 0.25) is 0 Å². The average molecular weight is 1020 g/mol. The molecule has 0 saturated carbocycles. The zero-order valence-electron chi connectivity index (χ0n) is 43.4. The van der Waals surface area contributed by atoms with Gasteiger partial charge in [-0.3, -0.25) is 4.79 Å². The first-order valence-electron chi connectivity index (χ1n) is 27.7. The molecule has 0 bridgehead atoms. The summed E-state index contributed by atoms with van der Waals surface area (Å²) in [5, 5.41) is 4.89. The van der Waals surface area contributed by atoms with E-state index in [0.29, 0.717) is 11.1 Å². The molecule has 0 unspecified atom stereocenters. The van der Waals surface area contributed by atoms with Gasteiger partial charge in [0.1, 0.15) is 0 Å². The Morgan fingerprint density at radius 2 is 0.600 bits per heavy atom. The first-order valence-corrected chi connectivity index (χ1v) is 27.7. The number of carbonyl (C=O) groups is 1. The first kappa shape index (κ1) is 43.7. The number of ketones is 1. The van der Waals surface area contributed by atoms with Crippen molar-refractivity contribution in [3.8, 4) is 55.9 Å². The molecule has 2 spiro atoms. The molecule has 3 heteroatoms. The van der Waals surface area contributed by atoms with E-state index in [1.807, 2.05) is 6.08 Å². The van der Waals surface area contributed by atoms with Crippen molar-refractivity contribution in [1.82, 2.24) is 9.13 Å². The second-order valence-electron chi connectivity index (χ2n) is 22.2. The molecule has 0 aliphatic heterocycles. The van der Waals surface area contributed by atoms with Crippen LogP contribution < -0.4 is 0 Å². The van der Waals surface area contributed by atoms with Gasteiger partial charge < -0.3 is 9.13 Å². The lowest BCUT2D eigenvalue weighted by Crippen LogP contribution is -2.27. The van der Waals surface area contributed by atoms with Crippen LogP contribution in [0.25, 0.3) is 106 Å². The number of benzene rings is 12. The number of rotatable bonds is 5. The third-order valence-electron chi connectivity index (χ3n) is 18.7. The smallest absolute Gasteiger partial charge is 0.193 e. The van der Waals surface area contributed by atoms with E-state index in [9.17, 15) is 0 Å². The highest BCUT2D eigenvalue weighted by atomic mass is 16.1. The normalized spacial score (nSPS) is 14.1. The molecular formula is C77H46N2O. The molecule has 3 nitrogen and oxygen atoms in total. The average Bonchev–Trinajstić information content (AvgIpc) is 3.28. The molecule has 80 heavy (non-hydrogen) atoms. The van der Waals surface area contributed by atoms with E-state index in [4.69, 9.17) is 0 Å². The molecule has 2 heterocycles. The molecule has 18 rings (SSSR count). The van der Waals surface area contributed by atoms with Gasteiger partial charge in [0.15, 0.2) is 5.78 Å². The van der Waals surface area contributed by atoms with E-state index < -0.39 is 10.8 Å². The summed E-state index contributed by atoms with van der Waals surface area (Å²) in [5.41, 5.74) is 26.9. The van der Waals surface area contributed by atoms with E-state index in [0.717, 1.165) is 61.3 Å². The third-order valence-corrected chi connectivity index (χ3v) is 18.7. The van der Waals surface area contributed by atoms with Crippen molar-refractivity contribution in [2.45, 2.75) is 10.8 Å². The highest BCUT2D eigenvalue weighted by Gasteiger charge is 2.54. The molecule has 0 amide bonds. The van der Waals surface area contributed by atoms with Crippen LogP contribution in [0.1, 0.15) is 66.0 Å². The Bertz CT molecular complexity index is 4820. The van der Waals surface area contributed by atoms with Crippen LogP contribution in [-0.4, -0.2) is 14.9 Å². The zero-order valence-corrected chi connectivity index (χ0v) is 43.4. The molecule has 0 N–H and O–H groups in total. The molecule has 0 saturated heterocycles. The summed E-state index contributed by atoms with van der Waals surface area (Å²) in [6, 6.07) is 95.7. The van der Waals surface area contributed by atoms with Gasteiger partial charge in [-0.25, -0.2) is 0 Å². The maximum absolute atomic E-state index is 16.0. The zero-order chi connectivity index (χ0) is 52.6. The SMILES string of the molecule is C=Cc1ccc2c(c1)C1(c3ccccc3-c3ccccc31)c1cc(C(=O)c3ccc4c(c3)C3(c5ccccc5-4)c4cc(-n5c6ccccc6c6ccccc65)ccc4-c4ccc(-n5c6ccccc6c6ccccc65)cc43)ccc1-2. The molecule has 14 aromatic rings. The Hall–Kier alpha value is -10.4. The lowest BCUT2D eigenvalue weighted by Gasteiger charge is -2.31. The Kier molecular flexibility index (Phi) is 8.56. The summed E-state index contributed by atoms with van der Waals surface area (Å²) >= 11 is 0. The van der Waals surface area contributed by atoms with E-state index in [1.165, 1.54) is 88.3 Å². The van der Waals surface area contributed by atoms with Crippen molar-refractivity contribution in [1.29, 1.82) is 0 Å². The minimum absolute atomic E-state index is 0.00401. The monoisotopic (exact) mass is 1010 g/mol. The van der Waals surface area contributed by atoms with Crippen LogP contribution >= 0.6 is 0 Å². The second-order valence-corrected chi connectivity index (χ2v) is 22.2. The molecule has 12 aromatic carbocycles. The van der Waals surface area contributed by atoms with Gasteiger partial charge in [-0.15, -0.1) is 0 Å². The van der Waals surface area contributed by atoms with Crippen molar-refractivity contribution in [2.75, 3.05) is 0 Å². The number of fused-ring (bicyclic) bond motifs is 26. The van der Waals surface area contributed by atoms with Gasteiger partial charge in [0.25, 0.3) is 0 Å². The van der Waals surface area contributed by atoms with Crippen molar-refractivity contribution in [3.63, 3.8) is 0 Å². The Morgan fingerprint density at radius 3 is 1.00 bits per heavy atom. The number of carbonyl (C=O) groups excluding carboxylic acids is 1. The van der Waals surface area contributed by atoms with Crippen molar-refractivity contribution in [3.05, 3.63) is 329 Å². The van der Waals surface area contributed by atoms with E-state index >= 15 is 4.79 Å². The minimum Gasteiger partial charge on any atom is -0.309 e. The molecule has 2 aromatic heterocycles. The fourth-order valence-corrected chi connectivity index (χ4v) is 15.6. The van der Waals surface area contributed by atoms with Crippen LogP contribution in [0.4, 0.5) is 0 Å². The summed E-state index contributed by atoms with van der Waals surface area (Å²) in [5.74, 6) is -0.00401. The number of nitrogens with zero attached hydrogens (tertiary/aromatic N) is 2. The topological polar surface area (TPSA) is 26.9 Å². The van der Waals surface area contributed by atoms with Gasteiger partial charge in [0.05, 0.1) is 32.9 Å². The predicted octanol–water partition coefficient (Wildman–Crippen LogP) is 18.4. The van der Waals surface area contributed by atoms with Gasteiger partial charge >= 0.3 is 0 Å². The van der Waals surface area contributed by atoms with Gasteiger partial charge in [-0.1, -0.05) is 207 Å². The minimum atomic E-state index is -0.791. The standard InChI is InChI=1S/C77H46N2O/c1-2-46-31-36-54-56-38-33-47(42-67(56)76(66(54)41-46)63-24-10-3-17-51(63)52-18-4-11-25-64(52)76)75(80)48-32-37-55-53-19-5-12-26-65(53)77(68(55)43-48)69-44-49(78-71-27-13-6-20-59(71)60-21-7-14-28-72(60)78)34-39-57(69)58-40-35-50(45-70(58)77)79-73-29-15-8-22-61(73)62-23-9-16-30-74(62)79/h2-45H,1H2. The molecule has 4 aliphatic rings. The highest BCUT2D eigenvalue weighted by Crippen LogP contribution is 2.65. The fourth-order valence-electron chi connectivity index (χ4n) is 15.6. The number of hydrogen-bond acceptors (Lipinski definition) is 1.